The van der Waals surface area contributed by atoms with E-state index in [1.54, 1.807) is 0 Å². The van der Waals surface area contributed by atoms with Gasteiger partial charge < -0.3 is 0 Å². The van der Waals surface area contributed by atoms with E-state index in [4.69, 9.17) is 21.4 Å². The molecule has 84 valence electrons. The first-order valence-corrected chi connectivity index (χ1v) is 8.82. The maximum atomic E-state index is 11.0. The first-order chi connectivity index (χ1) is 6.21. The van der Waals surface area contributed by atoms with Crippen molar-refractivity contribution in [3.63, 3.8) is 0 Å². The second-order valence-corrected chi connectivity index (χ2v) is 9.18. The molecule has 0 spiro atoms. The molecular formula is C6H10Cl2O4S2. The third kappa shape index (κ3) is 3.25. The van der Waals surface area contributed by atoms with Crippen LogP contribution in [0.15, 0.2) is 0 Å². The summed E-state index contributed by atoms with van der Waals surface area (Å²) in [6, 6.07) is 0. The van der Waals surface area contributed by atoms with Crippen LogP contribution < -0.4 is 0 Å². The van der Waals surface area contributed by atoms with Crippen LogP contribution in [0.1, 0.15) is 25.7 Å². The van der Waals surface area contributed by atoms with E-state index in [2.05, 4.69) is 0 Å². The lowest BCUT2D eigenvalue weighted by Gasteiger charge is -2.24. The Morgan fingerprint density at radius 2 is 1.21 bits per heavy atom. The minimum atomic E-state index is -3.67. The summed E-state index contributed by atoms with van der Waals surface area (Å²) >= 11 is 0. The van der Waals surface area contributed by atoms with Gasteiger partial charge in [-0.2, -0.15) is 0 Å². The van der Waals surface area contributed by atoms with Crippen LogP contribution in [0.5, 0.6) is 0 Å². The molecule has 0 N–H and O–H groups in total. The van der Waals surface area contributed by atoms with Crippen molar-refractivity contribution >= 4 is 39.5 Å². The lowest BCUT2D eigenvalue weighted by molar-refractivity contribution is 0.480. The molecule has 0 aromatic rings. The van der Waals surface area contributed by atoms with Gasteiger partial charge in [-0.1, -0.05) is 6.42 Å². The van der Waals surface area contributed by atoms with E-state index in [9.17, 15) is 16.8 Å². The van der Waals surface area contributed by atoms with E-state index in [1.165, 1.54) is 0 Å². The largest absolute Gasteiger partial charge is 0.235 e. The summed E-state index contributed by atoms with van der Waals surface area (Å²) < 4.78 is 43.9. The van der Waals surface area contributed by atoms with E-state index < -0.39 is 28.6 Å². The number of rotatable bonds is 2. The normalized spacial score (nSPS) is 30.1. The fourth-order valence-corrected chi connectivity index (χ4v) is 4.53. The SMILES string of the molecule is O=S(=O)(Cl)C1CCCC(S(=O)(=O)Cl)C1. The Kier molecular flexibility index (Phi) is 3.72. The van der Waals surface area contributed by atoms with Gasteiger partial charge in [-0.25, -0.2) is 16.8 Å². The molecule has 0 aliphatic heterocycles. The lowest BCUT2D eigenvalue weighted by atomic mass is 10.00. The maximum Gasteiger partial charge on any atom is 0.235 e. The molecule has 2 atom stereocenters. The molecule has 0 aromatic carbocycles. The van der Waals surface area contributed by atoms with Crippen LogP contribution in [0.3, 0.4) is 0 Å². The van der Waals surface area contributed by atoms with Crippen molar-refractivity contribution in [3.05, 3.63) is 0 Å². The van der Waals surface area contributed by atoms with Gasteiger partial charge in [-0.3, -0.25) is 0 Å². The van der Waals surface area contributed by atoms with Gasteiger partial charge in [0.25, 0.3) is 0 Å². The third-order valence-corrected chi connectivity index (χ3v) is 6.34. The molecule has 1 aliphatic carbocycles. The van der Waals surface area contributed by atoms with Gasteiger partial charge >= 0.3 is 0 Å². The zero-order valence-electron chi connectivity index (χ0n) is 7.19. The second kappa shape index (κ2) is 4.15. The highest BCUT2D eigenvalue weighted by Gasteiger charge is 2.35. The van der Waals surface area contributed by atoms with Gasteiger partial charge in [0.2, 0.25) is 18.1 Å². The Morgan fingerprint density at radius 3 is 1.50 bits per heavy atom. The molecular weight excluding hydrogens is 271 g/mol. The van der Waals surface area contributed by atoms with Crippen molar-refractivity contribution in [1.82, 2.24) is 0 Å². The van der Waals surface area contributed by atoms with Crippen molar-refractivity contribution in [2.45, 2.75) is 36.2 Å². The topological polar surface area (TPSA) is 68.3 Å². The molecule has 0 saturated heterocycles. The van der Waals surface area contributed by atoms with Crippen LogP contribution in [0.25, 0.3) is 0 Å². The number of hydrogen-bond donors (Lipinski definition) is 0. The van der Waals surface area contributed by atoms with Gasteiger partial charge in [-0.05, 0) is 19.3 Å². The quantitative estimate of drug-likeness (QED) is 0.718. The molecule has 1 aliphatic rings. The maximum absolute atomic E-state index is 11.0. The van der Waals surface area contributed by atoms with Gasteiger partial charge in [-0.15, -0.1) is 0 Å². The first-order valence-electron chi connectivity index (χ1n) is 4.08. The standard InChI is InChI=1S/C6H10Cl2O4S2/c7-13(9,10)5-2-1-3-6(4-5)14(8,11)12/h5-6H,1-4H2. The highest BCUT2D eigenvalue weighted by molar-refractivity contribution is 8.15. The highest BCUT2D eigenvalue weighted by atomic mass is 35.7. The predicted molar refractivity (Wildman–Crippen MR) is 55.6 cm³/mol. The molecule has 0 aromatic heterocycles. The van der Waals surface area contributed by atoms with Crippen LogP contribution in [0.4, 0.5) is 0 Å². The van der Waals surface area contributed by atoms with Crippen molar-refractivity contribution < 1.29 is 16.8 Å². The molecule has 4 nitrogen and oxygen atoms in total. The lowest BCUT2D eigenvalue weighted by Crippen LogP contribution is -2.31. The van der Waals surface area contributed by atoms with Crippen LogP contribution in [0, 0.1) is 0 Å². The summed E-state index contributed by atoms with van der Waals surface area (Å²) in [5, 5.41) is -1.56. The second-order valence-electron chi connectivity index (χ2n) is 3.36. The van der Waals surface area contributed by atoms with Gasteiger partial charge in [0.05, 0.1) is 10.5 Å². The summed E-state index contributed by atoms with van der Waals surface area (Å²) in [5.74, 6) is 0. The Morgan fingerprint density at radius 1 is 0.857 bits per heavy atom. The van der Waals surface area contributed by atoms with E-state index in [0.717, 1.165) is 0 Å². The van der Waals surface area contributed by atoms with Gasteiger partial charge in [0.15, 0.2) is 0 Å². The minimum Gasteiger partial charge on any atom is -0.212 e. The van der Waals surface area contributed by atoms with Crippen LogP contribution in [-0.2, 0) is 18.1 Å². The van der Waals surface area contributed by atoms with E-state index in [-0.39, 0.29) is 6.42 Å². The van der Waals surface area contributed by atoms with Crippen molar-refractivity contribution in [3.8, 4) is 0 Å². The molecule has 8 heteroatoms. The number of halogens is 2. The van der Waals surface area contributed by atoms with Crippen molar-refractivity contribution in [2.75, 3.05) is 0 Å². The summed E-state index contributed by atoms with van der Waals surface area (Å²) in [6.07, 6.45) is 1.36. The molecule has 2 unspecified atom stereocenters. The summed E-state index contributed by atoms with van der Waals surface area (Å²) in [7, 11) is 2.98. The van der Waals surface area contributed by atoms with Crippen molar-refractivity contribution in [1.29, 1.82) is 0 Å². The molecule has 14 heavy (non-hydrogen) atoms. The third-order valence-electron chi connectivity index (χ3n) is 2.37. The molecule has 0 radical (unpaired) electrons. The highest BCUT2D eigenvalue weighted by Crippen LogP contribution is 2.31. The van der Waals surface area contributed by atoms with E-state index >= 15 is 0 Å². The molecule has 0 heterocycles. The average Bonchev–Trinajstić information content (AvgIpc) is 2.01. The Bertz CT molecular complexity index is 362. The van der Waals surface area contributed by atoms with Gasteiger partial charge in [0, 0.05) is 21.4 Å². The fourth-order valence-electron chi connectivity index (χ4n) is 1.61. The van der Waals surface area contributed by atoms with Crippen molar-refractivity contribution in [2.24, 2.45) is 0 Å². The summed E-state index contributed by atoms with van der Waals surface area (Å²) in [5.41, 5.74) is 0. The molecule has 1 saturated carbocycles. The molecule has 1 rings (SSSR count). The van der Waals surface area contributed by atoms with E-state index in [1.807, 2.05) is 0 Å². The Labute approximate surface area is 92.4 Å². The fraction of sp³-hybridized carbons (Fsp3) is 1.00. The Hall–Kier alpha value is 0.480. The summed E-state index contributed by atoms with van der Waals surface area (Å²) in [4.78, 5) is 0. The van der Waals surface area contributed by atoms with Crippen LogP contribution in [-0.4, -0.2) is 27.3 Å². The minimum absolute atomic E-state index is 0.0116. The van der Waals surface area contributed by atoms with Crippen LogP contribution in [0.2, 0.25) is 0 Å². The zero-order valence-corrected chi connectivity index (χ0v) is 10.3. The first kappa shape index (κ1) is 12.5. The molecule has 1 fully saturated rings. The molecule has 0 bridgehead atoms. The van der Waals surface area contributed by atoms with E-state index in [0.29, 0.717) is 19.3 Å². The average molecular weight is 281 g/mol. The van der Waals surface area contributed by atoms with Crippen LogP contribution >= 0.6 is 21.4 Å². The predicted octanol–water partition coefficient (Wildman–Crippen LogP) is 1.43. The molecule has 0 amide bonds. The summed E-state index contributed by atoms with van der Waals surface area (Å²) in [6.45, 7) is 0. The number of hydrogen-bond acceptors (Lipinski definition) is 4. The van der Waals surface area contributed by atoms with Gasteiger partial charge in [0.1, 0.15) is 0 Å². The Balaban J connectivity index is 2.81. The zero-order chi connectivity index (χ0) is 11.0. The monoisotopic (exact) mass is 280 g/mol. The smallest absolute Gasteiger partial charge is 0.212 e.